The van der Waals surface area contributed by atoms with Crippen molar-refractivity contribution in [3.05, 3.63) is 40.3 Å². The van der Waals surface area contributed by atoms with Crippen LogP contribution < -0.4 is 10.2 Å². The van der Waals surface area contributed by atoms with Gasteiger partial charge in [0, 0.05) is 31.1 Å². The number of amides is 1. The van der Waals surface area contributed by atoms with Crippen molar-refractivity contribution in [3.8, 4) is 5.75 Å². The number of phenolic OH excluding ortho intramolecular Hbond substituents is 1. The number of aromatic hydroxyl groups is 1. The lowest BCUT2D eigenvalue weighted by Crippen LogP contribution is -2.48. The Morgan fingerprint density at radius 2 is 1.86 bits per heavy atom. The lowest BCUT2D eigenvalue weighted by Gasteiger charge is -2.35. The first-order valence-electron chi connectivity index (χ1n) is 9.73. The number of rotatable bonds is 6. The lowest BCUT2D eigenvalue weighted by molar-refractivity contribution is -0.117. The molecule has 2 heterocycles. The van der Waals surface area contributed by atoms with Gasteiger partial charge in [0.25, 0.3) is 0 Å². The van der Waals surface area contributed by atoms with Crippen molar-refractivity contribution >= 4 is 33.9 Å². The van der Waals surface area contributed by atoms with Gasteiger partial charge in [0.15, 0.2) is 0 Å². The van der Waals surface area contributed by atoms with Crippen molar-refractivity contribution < 1.29 is 19.4 Å². The number of esters is 1. The summed E-state index contributed by atoms with van der Waals surface area (Å²) in [6.07, 6.45) is 0. The van der Waals surface area contributed by atoms with E-state index in [9.17, 15) is 14.7 Å². The fraction of sp³-hybridized carbons (Fsp3) is 0.429. The molecule has 0 radical (unpaired) electrons. The van der Waals surface area contributed by atoms with Gasteiger partial charge in [0.1, 0.15) is 10.8 Å². The largest absolute Gasteiger partial charge is 0.506 e. The van der Waals surface area contributed by atoms with Gasteiger partial charge >= 0.3 is 5.97 Å². The number of hydrogen-bond donors (Lipinski definition) is 2. The summed E-state index contributed by atoms with van der Waals surface area (Å²) in [5, 5.41) is 13.5. The molecule has 1 aromatic heterocycles. The molecule has 8 heteroatoms. The molecule has 0 bridgehead atoms. The topological polar surface area (TPSA) is 82.1 Å². The molecule has 2 N–H and O–H groups in total. The summed E-state index contributed by atoms with van der Waals surface area (Å²) < 4.78 is 5.14. The van der Waals surface area contributed by atoms with Crippen molar-refractivity contribution in [3.63, 3.8) is 0 Å². The van der Waals surface area contributed by atoms with Crippen molar-refractivity contribution in [2.75, 3.05) is 49.5 Å². The maximum atomic E-state index is 12.6. The molecule has 0 atom stereocenters. The van der Waals surface area contributed by atoms with Crippen molar-refractivity contribution in [1.82, 2.24) is 4.90 Å². The molecule has 1 aliphatic heterocycles. The third-order valence-corrected chi connectivity index (χ3v) is 6.20. The number of piperazine rings is 1. The van der Waals surface area contributed by atoms with E-state index in [0.717, 1.165) is 42.3 Å². The SMILES string of the molecule is CCOC(=O)c1c(NC(=O)CN2CCN(c3ccccc3O)CC2)sc(C)c1C. The van der Waals surface area contributed by atoms with Crippen LogP contribution in [0.1, 0.15) is 27.7 Å². The van der Waals surface area contributed by atoms with E-state index in [1.165, 1.54) is 11.3 Å². The summed E-state index contributed by atoms with van der Waals surface area (Å²) in [4.78, 5) is 30.0. The molecule has 0 spiro atoms. The van der Waals surface area contributed by atoms with E-state index in [2.05, 4.69) is 15.1 Å². The monoisotopic (exact) mass is 417 g/mol. The van der Waals surface area contributed by atoms with Crippen LogP contribution in [0.5, 0.6) is 5.75 Å². The van der Waals surface area contributed by atoms with Crippen LogP contribution in [0.3, 0.4) is 0 Å². The van der Waals surface area contributed by atoms with Gasteiger partial charge in [-0.3, -0.25) is 9.69 Å². The molecule has 1 aromatic carbocycles. The first-order valence-corrected chi connectivity index (χ1v) is 10.5. The highest BCUT2D eigenvalue weighted by molar-refractivity contribution is 7.16. The van der Waals surface area contributed by atoms with E-state index in [-0.39, 0.29) is 18.2 Å². The number of para-hydroxylation sites is 2. The molecule has 1 fully saturated rings. The Balaban J connectivity index is 1.58. The lowest BCUT2D eigenvalue weighted by atomic mass is 10.1. The van der Waals surface area contributed by atoms with Gasteiger partial charge in [-0.1, -0.05) is 12.1 Å². The molecule has 1 amide bonds. The number of aryl methyl sites for hydroxylation is 1. The third kappa shape index (κ3) is 4.89. The maximum absolute atomic E-state index is 12.6. The van der Waals surface area contributed by atoms with Gasteiger partial charge in [-0.05, 0) is 38.5 Å². The molecule has 1 saturated heterocycles. The smallest absolute Gasteiger partial charge is 0.341 e. The van der Waals surface area contributed by atoms with Crippen molar-refractivity contribution in [2.45, 2.75) is 20.8 Å². The molecule has 2 aromatic rings. The molecular formula is C21H27N3O4S. The first-order chi connectivity index (χ1) is 13.9. The second-order valence-corrected chi connectivity index (χ2v) is 8.23. The number of hydrogen-bond acceptors (Lipinski definition) is 7. The Labute approximate surface area is 174 Å². The summed E-state index contributed by atoms with van der Waals surface area (Å²) >= 11 is 1.40. The van der Waals surface area contributed by atoms with E-state index in [1.54, 1.807) is 19.1 Å². The van der Waals surface area contributed by atoms with Crippen LogP contribution in [-0.2, 0) is 9.53 Å². The predicted molar refractivity (Wildman–Crippen MR) is 115 cm³/mol. The number of ether oxygens (including phenoxy) is 1. The zero-order valence-electron chi connectivity index (χ0n) is 17.0. The summed E-state index contributed by atoms with van der Waals surface area (Å²) in [7, 11) is 0. The molecule has 0 unspecified atom stereocenters. The quantitative estimate of drug-likeness (QED) is 0.703. The number of carbonyl (C=O) groups excluding carboxylic acids is 2. The molecule has 7 nitrogen and oxygen atoms in total. The van der Waals surface area contributed by atoms with Crippen LogP contribution in [0, 0.1) is 13.8 Å². The molecule has 3 rings (SSSR count). The van der Waals surface area contributed by atoms with Crippen LogP contribution in [0.15, 0.2) is 24.3 Å². The third-order valence-electron chi connectivity index (χ3n) is 5.08. The van der Waals surface area contributed by atoms with Crippen molar-refractivity contribution in [2.24, 2.45) is 0 Å². The summed E-state index contributed by atoms with van der Waals surface area (Å²) in [5.74, 6) is -0.276. The summed E-state index contributed by atoms with van der Waals surface area (Å²) in [6, 6.07) is 7.29. The van der Waals surface area contributed by atoms with Crippen LogP contribution >= 0.6 is 11.3 Å². The Kier molecular flexibility index (Phi) is 6.76. The molecule has 156 valence electrons. The van der Waals surface area contributed by atoms with E-state index >= 15 is 0 Å². The Hall–Kier alpha value is -2.58. The average Bonchev–Trinajstić information content (AvgIpc) is 2.96. The fourth-order valence-electron chi connectivity index (χ4n) is 3.41. The van der Waals surface area contributed by atoms with Crippen LogP contribution in [0.4, 0.5) is 10.7 Å². The number of phenols is 1. The molecule has 0 saturated carbocycles. The fourth-order valence-corrected chi connectivity index (χ4v) is 4.48. The highest BCUT2D eigenvalue weighted by Gasteiger charge is 2.24. The van der Waals surface area contributed by atoms with Gasteiger partial charge in [0.05, 0.1) is 24.4 Å². The first kappa shape index (κ1) is 21.1. The maximum Gasteiger partial charge on any atom is 0.341 e. The minimum absolute atomic E-state index is 0.146. The van der Waals surface area contributed by atoms with E-state index in [4.69, 9.17) is 4.74 Å². The standard InChI is InChI=1S/C21H27N3O4S/c1-4-28-21(27)19-14(2)15(3)29-20(19)22-18(26)13-23-9-11-24(12-10-23)16-7-5-6-8-17(16)25/h5-8,25H,4,9-13H2,1-3H3,(H,22,26). The van der Waals surface area contributed by atoms with Gasteiger partial charge < -0.3 is 20.1 Å². The van der Waals surface area contributed by atoms with E-state index in [1.807, 2.05) is 26.0 Å². The number of anilines is 2. The van der Waals surface area contributed by atoms with Gasteiger partial charge in [-0.25, -0.2) is 4.79 Å². The average molecular weight is 418 g/mol. The normalized spacial score (nSPS) is 14.7. The number of nitrogens with one attached hydrogen (secondary N) is 1. The second-order valence-electron chi connectivity index (χ2n) is 7.01. The Morgan fingerprint density at radius 1 is 1.17 bits per heavy atom. The number of thiophene rings is 1. The molecule has 1 aliphatic rings. The molecule has 29 heavy (non-hydrogen) atoms. The predicted octanol–water partition coefficient (Wildman–Crippen LogP) is 3.01. The van der Waals surface area contributed by atoms with Gasteiger partial charge in [0.2, 0.25) is 5.91 Å². The van der Waals surface area contributed by atoms with Crippen LogP contribution in [-0.4, -0.2) is 61.2 Å². The minimum Gasteiger partial charge on any atom is -0.506 e. The second kappa shape index (κ2) is 9.28. The van der Waals surface area contributed by atoms with E-state index < -0.39 is 5.97 Å². The summed E-state index contributed by atoms with van der Waals surface area (Å²) in [6.45, 7) is 9.01. The molecule has 0 aliphatic carbocycles. The van der Waals surface area contributed by atoms with Crippen LogP contribution in [0.2, 0.25) is 0 Å². The highest BCUT2D eigenvalue weighted by Crippen LogP contribution is 2.33. The number of benzene rings is 1. The zero-order valence-corrected chi connectivity index (χ0v) is 17.8. The minimum atomic E-state index is -0.402. The Morgan fingerprint density at radius 3 is 2.52 bits per heavy atom. The van der Waals surface area contributed by atoms with Gasteiger partial charge in [-0.15, -0.1) is 11.3 Å². The van der Waals surface area contributed by atoms with E-state index in [0.29, 0.717) is 17.2 Å². The van der Waals surface area contributed by atoms with Crippen LogP contribution in [0.25, 0.3) is 0 Å². The Bertz CT molecular complexity index is 888. The highest BCUT2D eigenvalue weighted by atomic mass is 32.1. The number of carbonyl (C=O) groups is 2. The zero-order chi connectivity index (χ0) is 21.0. The van der Waals surface area contributed by atoms with Crippen molar-refractivity contribution in [1.29, 1.82) is 0 Å². The summed E-state index contributed by atoms with van der Waals surface area (Å²) in [5.41, 5.74) is 2.12. The van der Waals surface area contributed by atoms with Gasteiger partial charge in [-0.2, -0.15) is 0 Å². The number of nitrogens with zero attached hydrogens (tertiary/aromatic N) is 2. The molecular weight excluding hydrogens is 390 g/mol.